The summed E-state index contributed by atoms with van der Waals surface area (Å²) in [4.78, 5) is 8.02. The molecule has 25 heavy (non-hydrogen) atoms. The van der Waals surface area contributed by atoms with Gasteiger partial charge in [0.25, 0.3) is 0 Å². The minimum atomic E-state index is 0.568. The van der Waals surface area contributed by atoms with Crippen molar-refractivity contribution in [2.75, 3.05) is 59.5 Å². The van der Waals surface area contributed by atoms with Crippen LogP contribution in [0.25, 0.3) is 0 Å². The summed E-state index contributed by atoms with van der Waals surface area (Å²) in [7, 11) is 2.32. The number of nitrogens with zero attached hydrogens (tertiary/aromatic N) is 3. The predicted molar refractivity (Wildman–Crippen MR) is 107 cm³/mol. The molecule has 2 aliphatic heterocycles. The van der Waals surface area contributed by atoms with E-state index in [0.29, 0.717) is 12.1 Å². The number of hydrogen-bond acceptors (Lipinski definition) is 4. The summed E-state index contributed by atoms with van der Waals surface area (Å²) in [5.74, 6) is 1.64. The zero-order chi connectivity index (χ0) is 18.2. The van der Waals surface area contributed by atoms with E-state index in [4.69, 9.17) is 4.74 Å². The molecule has 0 radical (unpaired) electrons. The average molecular weight is 354 g/mol. The Bertz CT molecular complexity index is 361. The molecule has 4 nitrogen and oxygen atoms in total. The number of ether oxygens (including phenoxy) is 1. The van der Waals surface area contributed by atoms with E-state index in [-0.39, 0.29) is 0 Å². The molecule has 0 spiro atoms. The predicted octanol–water partition coefficient (Wildman–Crippen LogP) is 3.18. The van der Waals surface area contributed by atoms with Crippen LogP contribution in [-0.4, -0.2) is 86.3 Å². The van der Waals surface area contributed by atoms with Gasteiger partial charge in [0.15, 0.2) is 0 Å². The first-order chi connectivity index (χ1) is 12.0. The van der Waals surface area contributed by atoms with Gasteiger partial charge in [0.2, 0.25) is 0 Å². The van der Waals surface area contributed by atoms with Crippen LogP contribution < -0.4 is 0 Å². The van der Waals surface area contributed by atoms with Gasteiger partial charge in [-0.3, -0.25) is 9.80 Å². The van der Waals surface area contributed by atoms with E-state index in [1.165, 1.54) is 58.4 Å². The van der Waals surface area contributed by atoms with Crippen molar-refractivity contribution < 1.29 is 4.74 Å². The number of piperazine rings is 1. The molecule has 2 atom stereocenters. The maximum absolute atomic E-state index is 5.90. The van der Waals surface area contributed by atoms with Crippen LogP contribution in [0.5, 0.6) is 0 Å². The van der Waals surface area contributed by atoms with Crippen LogP contribution in [0.2, 0.25) is 0 Å². The van der Waals surface area contributed by atoms with E-state index >= 15 is 0 Å². The van der Waals surface area contributed by atoms with Crippen LogP contribution in [0.3, 0.4) is 0 Å². The summed E-state index contributed by atoms with van der Waals surface area (Å²) in [6.07, 6.45) is 5.35. The van der Waals surface area contributed by atoms with Gasteiger partial charge in [-0.1, -0.05) is 27.7 Å². The zero-order valence-corrected chi connectivity index (χ0v) is 17.5. The molecule has 0 saturated carbocycles. The topological polar surface area (TPSA) is 19.0 Å². The molecule has 0 amide bonds. The summed E-state index contributed by atoms with van der Waals surface area (Å²) in [5, 5.41) is 0. The Morgan fingerprint density at radius 1 is 0.880 bits per heavy atom. The van der Waals surface area contributed by atoms with E-state index < -0.39 is 0 Å². The molecule has 148 valence electrons. The number of rotatable bonds is 9. The van der Waals surface area contributed by atoms with Gasteiger partial charge >= 0.3 is 0 Å². The Morgan fingerprint density at radius 2 is 1.56 bits per heavy atom. The first-order valence-corrected chi connectivity index (χ1v) is 10.7. The average Bonchev–Trinajstić information content (AvgIpc) is 2.56. The molecule has 2 unspecified atom stereocenters. The van der Waals surface area contributed by atoms with Crippen LogP contribution in [0, 0.1) is 11.8 Å². The van der Waals surface area contributed by atoms with E-state index in [0.717, 1.165) is 31.6 Å². The van der Waals surface area contributed by atoms with Crippen molar-refractivity contribution >= 4 is 0 Å². The van der Waals surface area contributed by atoms with Gasteiger partial charge in [-0.15, -0.1) is 0 Å². The van der Waals surface area contributed by atoms with Gasteiger partial charge in [0.1, 0.15) is 0 Å². The standard InChI is InChI=1S/C21H43N3O/c1-18(2)8-6-10-23-13-12-22(5)20(16-23)21-17-25-15-14-24(21)11-7-9-19(3)4/h18-21H,6-17H2,1-5H3. The molecule has 4 heteroatoms. The maximum atomic E-state index is 5.90. The fourth-order valence-electron chi connectivity index (χ4n) is 4.29. The van der Waals surface area contributed by atoms with Crippen molar-refractivity contribution in [2.45, 2.75) is 65.5 Å². The normalized spacial score (nSPS) is 27.5. The molecule has 2 aliphatic rings. The van der Waals surface area contributed by atoms with Crippen molar-refractivity contribution in [1.29, 1.82) is 0 Å². The first kappa shape index (κ1) is 21.1. The SMILES string of the molecule is CC(C)CCCN1CCN(C)C(C2COCCN2CCCC(C)C)C1. The second-order valence-electron chi connectivity index (χ2n) is 9.10. The second-order valence-corrected chi connectivity index (χ2v) is 9.10. The maximum Gasteiger partial charge on any atom is 0.0638 e. The van der Waals surface area contributed by atoms with E-state index in [1.807, 2.05) is 0 Å². The van der Waals surface area contributed by atoms with Crippen molar-refractivity contribution in [3.8, 4) is 0 Å². The Balaban J connectivity index is 1.87. The number of hydrogen-bond donors (Lipinski definition) is 0. The molecule has 0 aliphatic carbocycles. The fourth-order valence-corrected chi connectivity index (χ4v) is 4.29. The van der Waals surface area contributed by atoms with Crippen LogP contribution in [0.4, 0.5) is 0 Å². The summed E-state index contributed by atoms with van der Waals surface area (Å²) >= 11 is 0. The highest BCUT2D eigenvalue weighted by molar-refractivity contribution is 4.92. The van der Waals surface area contributed by atoms with Crippen molar-refractivity contribution in [2.24, 2.45) is 11.8 Å². The van der Waals surface area contributed by atoms with Gasteiger partial charge in [-0.25, -0.2) is 0 Å². The Morgan fingerprint density at radius 3 is 2.24 bits per heavy atom. The smallest absolute Gasteiger partial charge is 0.0638 e. The molecular weight excluding hydrogens is 310 g/mol. The zero-order valence-electron chi connectivity index (χ0n) is 17.5. The lowest BCUT2D eigenvalue weighted by Gasteiger charge is -2.48. The van der Waals surface area contributed by atoms with E-state index in [1.54, 1.807) is 0 Å². The van der Waals surface area contributed by atoms with Gasteiger partial charge in [0, 0.05) is 38.3 Å². The molecular formula is C21H43N3O. The molecule has 2 heterocycles. The lowest BCUT2D eigenvalue weighted by molar-refractivity contribution is -0.0580. The third kappa shape index (κ3) is 7.16. The van der Waals surface area contributed by atoms with Gasteiger partial charge in [0.05, 0.1) is 13.2 Å². The molecule has 2 rings (SSSR count). The largest absolute Gasteiger partial charge is 0.378 e. The third-order valence-electron chi connectivity index (χ3n) is 5.99. The number of likely N-dealkylation sites (N-methyl/N-ethyl adjacent to an activating group) is 1. The van der Waals surface area contributed by atoms with Crippen LogP contribution in [-0.2, 0) is 4.74 Å². The Labute approximate surface area is 156 Å². The number of morpholine rings is 1. The molecule has 0 aromatic heterocycles. The summed E-state index contributed by atoms with van der Waals surface area (Å²) in [5.41, 5.74) is 0. The molecule has 2 fully saturated rings. The molecule has 2 saturated heterocycles. The monoisotopic (exact) mass is 353 g/mol. The Hall–Kier alpha value is -0.160. The van der Waals surface area contributed by atoms with Crippen molar-refractivity contribution in [3.05, 3.63) is 0 Å². The van der Waals surface area contributed by atoms with Crippen LogP contribution in [0.15, 0.2) is 0 Å². The lowest BCUT2D eigenvalue weighted by atomic mass is 10.00. The van der Waals surface area contributed by atoms with Gasteiger partial charge < -0.3 is 9.64 Å². The first-order valence-electron chi connectivity index (χ1n) is 10.7. The van der Waals surface area contributed by atoms with Crippen molar-refractivity contribution in [3.63, 3.8) is 0 Å². The summed E-state index contributed by atoms with van der Waals surface area (Å²) in [6, 6.07) is 1.19. The molecule has 0 bridgehead atoms. The van der Waals surface area contributed by atoms with Gasteiger partial charge in [-0.05, 0) is 57.7 Å². The highest BCUT2D eigenvalue weighted by atomic mass is 16.5. The Kier molecular flexibility index (Phi) is 9.18. The highest BCUT2D eigenvalue weighted by Crippen LogP contribution is 2.20. The molecule has 0 N–H and O–H groups in total. The fraction of sp³-hybridized carbons (Fsp3) is 1.00. The third-order valence-corrected chi connectivity index (χ3v) is 5.99. The summed E-state index contributed by atoms with van der Waals surface area (Å²) in [6.45, 7) is 18.4. The van der Waals surface area contributed by atoms with Crippen molar-refractivity contribution in [1.82, 2.24) is 14.7 Å². The lowest BCUT2D eigenvalue weighted by Crippen LogP contribution is -2.63. The second kappa shape index (κ2) is 10.9. The van der Waals surface area contributed by atoms with E-state index in [9.17, 15) is 0 Å². The van der Waals surface area contributed by atoms with Gasteiger partial charge in [-0.2, -0.15) is 0 Å². The minimum absolute atomic E-state index is 0.568. The van der Waals surface area contributed by atoms with E-state index in [2.05, 4.69) is 49.4 Å². The quantitative estimate of drug-likeness (QED) is 0.634. The summed E-state index contributed by atoms with van der Waals surface area (Å²) < 4.78 is 5.90. The van der Waals surface area contributed by atoms with Crippen LogP contribution in [0.1, 0.15) is 53.4 Å². The molecule has 0 aromatic rings. The van der Waals surface area contributed by atoms with Crippen LogP contribution >= 0.6 is 0 Å². The molecule has 0 aromatic carbocycles. The minimum Gasteiger partial charge on any atom is -0.378 e. The highest BCUT2D eigenvalue weighted by Gasteiger charge is 2.36.